The molecule has 2 heteroatoms. The molecule has 3 rings (SSSR count). The van der Waals surface area contributed by atoms with Gasteiger partial charge in [-0.3, -0.25) is 0 Å². The molecule has 19 heavy (non-hydrogen) atoms. The molecule has 0 atom stereocenters. The zero-order chi connectivity index (χ0) is 13.1. The van der Waals surface area contributed by atoms with E-state index in [0.29, 0.717) is 5.92 Å². The summed E-state index contributed by atoms with van der Waals surface area (Å²) in [4.78, 5) is 2.66. The van der Waals surface area contributed by atoms with Gasteiger partial charge in [-0.25, -0.2) is 4.39 Å². The molecule has 0 bridgehead atoms. The Kier molecular flexibility index (Phi) is 4.17. The summed E-state index contributed by atoms with van der Waals surface area (Å²) in [6, 6.07) is 8.14. The van der Waals surface area contributed by atoms with Gasteiger partial charge in [0.05, 0.1) is 0 Å². The van der Waals surface area contributed by atoms with Gasteiger partial charge in [0.15, 0.2) is 0 Å². The van der Waals surface area contributed by atoms with Crippen LogP contribution in [0.25, 0.3) is 0 Å². The summed E-state index contributed by atoms with van der Waals surface area (Å²) >= 11 is 0. The second-order valence-corrected chi connectivity index (χ2v) is 6.12. The third kappa shape index (κ3) is 3.00. The van der Waals surface area contributed by atoms with Crippen LogP contribution in [0.15, 0.2) is 24.3 Å². The van der Waals surface area contributed by atoms with E-state index in [4.69, 9.17) is 0 Å². The second-order valence-electron chi connectivity index (χ2n) is 6.12. The highest BCUT2D eigenvalue weighted by molar-refractivity contribution is 5.22. The fourth-order valence-electron chi connectivity index (χ4n) is 3.83. The average Bonchev–Trinajstić information content (AvgIpc) is 2.49. The van der Waals surface area contributed by atoms with Crippen molar-refractivity contribution in [1.82, 2.24) is 4.90 Å². The molecule has 1 saturated heterocycles. The van der Waals surface area contributed by atoms with E-state index in [1.165, 1.54) is 32.1 Å². The molecule has 0 aromatic heterocycles. The summed E-state index contributed by atoms with van der Waals surface area (Å²) in [7, 11) is 0. The second kappa shape index (κ2) is 6.04. The number of rotatable bonds is 2. The Morgan fingerprint density at radius 2 is 1.58 bits per heavy atom. The summed E-state index contributed by atoms with van der Waals surface area (Å²) in [5.41, 5.74) is 0.936. The van der Waals surface area contributed by atoms with Gasteiger partial charge < -0.3 is 4.90 Å². The minimum atomic E-state index is -0.0152. The lowest BCUT2D eigenvalue weighted by Crippen LogP contribution is -2.42. The van der Waals surface area contributed by atoms with Gasteiger partial charge >= 0.3 is 0 Å². The van der Waals surface area contributed by atoms with Crippen LogP contribution in [0.4, 0.5) is 4.39 Å². The Morgan fingerprint density at radius 1 is 0.895 bits per heavy atom. The van der Waals surface area contributed by atoms with Crippen LogP contribution in [-0.2, 0) is 0 Å². The molecule has 0 amide bonds. The van der Waals surface area contributed by atoms with Crippen molar-refractivity contribution in [3.8, 4) is 0 Å². The van der Waals surface area contributed by atoms with E-state index < -0.39 is 0 Å². The van der Waals surface area contributed by atoms with Crippen LogP contribution in [0.2, 0.25) is 0 Å². The van der Waals surface area contributed by atoms with Crippen LogP contribution >= 0.6 is 0 Å². The van der Waals surface area contributed by atoms with Gasteiger partial charge in [0.1, 0.15) is 5.82 Å². The molecule has 1 aliphatic heterocycles. The van der Waals surface area contributed by atoms with Crippen LogP contribution in [0.5, 0.6) is 0 Å². The molecule has 0 unspecified atom stereocenters. The summed E-state index contributed by atoms with van der Waals surface area (Å²) in [5.74, 6) is 0.416. The molecule has 1 aromatic rings. The van der Waals surface area contributed by atoms with E-state index in [1.54, 1.807) is 12.1 Å². The van der Waals surface area contributed by atoms with Gasteiger partial charge in [-0.2, -0.15) is 0 Å². The third-order valence-electron chi connectivity index (χ3n) is 4.97. The van der Waals surface area contributed by atoms with Crippen LogP contribution in [0.3, 0.4) is 0 Å². The van der Waals surface area contributed by atoms with Crippen molar-refractivity contribution in [3.63, 3.8) is 0 Å². The number of piperidine rings is 1. The van der Waals surface area contributed by atoms with Gasteiger partial charge in [0.25, 0.3) is 0 Å². The molecular formula is C17H24FN. The Morgan fingerprint density at radius 3 is 2.26 bits per heavy atom. The molecule has 0 N–H and O–H groups in total. The highest BCUT2D eigenvalue weighted by Crippen LogP contribution is 2.32. The SMILES string of the molecule is Fc1ccccc1C1CCN(C2CCCCC2)CC1. The summed E-state index contributed by atoms with van der Waals surface area (Å²) < 4.78 is 13.8. The zero-order valence-electron chi connectivity index (χ0n) is 11.7. The van der Waals surface area contributed by atoms with Crippen molar-refractivity contribution in [2.45, 2.75) is 56.9 Å². The quantitative estimate of drug-likeness (QED) is 0.765. The highest BCUT2D eigenvalue weighted by Gasteiger charge is 2.27. The van der Waals surface area contributed by atoms with Crippen LogP contribution in [0.1, 0.15) is 56.4 Å². The lowest BCUT2D eigenvalue weighted by atomic mass is 9.86. The monoisotopic (exact) mass is 261 g/mol. The smallest absolute Gasteiger partial charge is 0.126 e. The summed E-state index contributed by atoms with van der Waals surface area (Å²) in [6.07, 6.45) is 9.22. The van der Waals surface area contributed by atoms with E-state index in [0.717, 1.165) is 37.5 Å². The largest absolute Gasteiger partial charge is 0.300 e. The topological polar surface area (TPSA) is 3.24 Å². The van der Waals surface area contributed by atoms with E-state index >= 15 is 0 Å². The number of hydrogen-bond donors (Lipinski definition) is 0. The van der Waals surface area contributed by atoms with Gasteiger partial charge in [0.2, 0.25) is 0 Å². The maximum absolute atomic E-state index is 13.8. The first kappa shape index (κ1) is 13.1. The maximum atomic E-state index is 13.8. The number of halogens is 1. The van der Waals surface area contributed by atoms with Crippen molar-refractivity contribution in [3.05, 3.63) is 35.6 Å². The van der Waals surface area contributed by atoms with Crippen molar-refractivity contribution in [2.24, 2.45) is 0 Å². The maximum Gasteiger partial charge on any atom is 0.126 e. The standard InChI is InChI=1S/C17H24FN/c18-17-9-5-4-8-16(17)14-10-12-19(13-11-14)15-6-2-1-3-7-15/h4-5,8-9,14-15H,1-3,6-7,10-13H2. The minimum Gasteiger partial charge on any atom is -0.300 e. The van der Waals surface area contributed by atoms with E-state index in [2.05, 4.69) is 4.90 Å². The first-order valence-electron chi connectivity index (χ1n) is 7.83. The Labute approximate surface area is 115 Å². The van der Waals surface area contributed by atoms with Crippen molar-refractivity contribution in [1.29, 1.82) is 0 Å². The molecular weight excluding hydrogens is 237 g/mol. The predicted octanol–water partition coefficient (Wildman–Crippen LogP) is 4.34. The fourth-order valence-corrected chi connectivity index (χ4v) is 3.83. The molecule has 1 heterocycles. The first-order valence-corrected chi connectivity index (χ1v) is 7.83. The van der Waals surface area contributed by atoms with Crippen molar-refractivity contribution >= 4 is 0 Å². The van der Waals surface area contributed by atoms with Gasteiger partial charge in [-0.05, 0) is 56.3 Å². The fraction of sp³-hybridized carbons (Fsp3) is 0.647. The number of benzene rings is 1. The van der Waals surface area contributed by atoms with Gasteiger partial charge in [-0.1, -0.05) is 37.5 Å². The third-order valence-corrected chi connectivity index (χ3v) is 4.97. The van der Waals surface area contributed by atoms with E-state index in [1.807, 2.05) is 12.1 Å². The molecule has 2 aliphatic rings. The molecule has 2 fully saturated rings. The molecule has 0 spiro atoms. The molecule has 1 saturated carbocycles. The predicted molar refractivity (Wildman–Crippen MR) is 76.8 cm³/mol. The van der Waals surface area contributed by atoms with Crippen LogP contribution in [0, 0.1) is 5.82 Å². The number of hydrogen-bond acceptors (Lipinski definition) is 1. The molecule has 1 aromatic carbocycles. The van der Waals surface area contributed by atoms with Crippen LogP contribution in [-0.4, -0.2) is 24.0 Å². The minimum absolute atomic E-state index is 0.0152. The number of nitrogens with zero attached hydrogens (tertiary/aromatic N) is 1. The van der Waals surface area contributed by atoms with E-state index in [9.17, 15) is 4.39 Å². The zero-order valence-corrected chi connectivity index (χ0v) is 11.7. The Hall–Kier alpha value is -0.890. The lowest BCUT2D eigenvalue weighted by molar-refractivity contribution is 0.121. The first-order chi connectivity index (χ1) is 9.34. The molecule has 1 aliphatic carbocycles. The number of likely N-dealkylation sites (tertiary alicyclic amines) is 1. The van der Waals surface area contributed by atoms with Gasteiger partial charge in [0, 0.05) is 6.04 Å². The molecule has 0 radical (unpaired) electrons. The van der Waals surface area contributed by atoms with Gasteiger partial charge in [-0.15, -0.1) is 0 Å². The summed E-state index contributed by atoms with van der Waals surface area (Å²) in [5, 5.41) is 0. The Balaban J connectivity index is 1.58. The van der Waals surface area contributed by atoms with E-state index in [-0.39, 0.29) is 5.82 Å². The van der Waals surface area contributed by atoms with Crippen LogP contribution < -0.4 is 0 Å². The lowest BCUT2D eigenvalue weighted by Gasteiger charge is -2.39. The average molecular weight is 261 g/mol. The molecule has 1 nitrogen and oxygen atoms in total. The Bertz CT molecular complexity index is 403. The highest BCUT2D eigenvalue weighted by atomic mass is 19.1. The van der Waals surface area contributed by atoms with Crippen molar-refractivity contribution < 1.29 is 4.39 Å². The molecule has 104 valence electrons. The van der Waals surface area contributed by atoms with Crippen molar-refractivity contribution in [2.75, 3.05) is 13.1 Å². The normalized spacial score (nSPS) is 23.6. The summed E-state index contributed by atoms with van der Waals surface area (Å²) in [6.45, 7) is 2.31.